The third-order valence-corrected chi connectivity index (χ3v) is 11.2. The Morgan fingerprint density at radius 3 is 2.45 bits per heavy atom. The molecule has 2 aromatic heterocycles. The molecule has 266 valence electrons. The van der Waals surface area contributed by atoms with E-state index in [1.165, 1.54) is 17.0 Å². The third kappa shape index (κ3) is 8.32. The van der Waals surface area contributed by atoms with E-state index in [-0.39, 0.29) is 23.6 Å². The largest absolute Gasteiger partial charge is 0.372 e. The second-order valence-corrected chi connectivity index (χ2v) is 15.0. The first-order valence-corrected chi connectivity index (χ1v) is 18.7. The van der Waals surface area contributed by atoms with Crippen LogP contribution in [0.1, 0.15) is 58.2 Å². The van der Waals surface area contributed by atoms with Gasteiger partial charge >= 0.3 is 0 Å². The number of rotatable bonds is 9. The minimum absolute atomic E-state index is 0.182. The van der Waals surface area contributed by atoms with Crippen molar-refractivity contribution in [2.45, 2.75) is 45.4 Å². The van der Waals surface area contributed by atoms with E-state index in [0.29, 0.717) is 51.1 Å². The molecule has 3 N–H and O–H groups in total. The second-order valence-electron chi connectivity index (χ2n) is 13.5. The molecule has 0 radical (unpaired) electrons. The number of halogens is 1. The predicted octanol–water partition coefficient (Wildman–Crippen LogP) is 5.76. The standard InChI is InChI=1S/C37H42ClN9O3S/c1-23-4-3-5-29(38)34(23)44-36(50)30-21-39-37(51-30)42-31-20-32(41-24(2)40-31)47-18-16-45(17-19-47)22-25-12-14-46(15-13-25)27-8-6-26(7-9-27)28-10-11-33(48)43-35(28)49/h3-9,20-21,25,28H,10-19,22H2,1-2H3,(H,44,50)(H,43,48,49)(H,39,40,41,42)/t28-/m0/s1. The van der Waals surface area contributed by atoms with Crippen LogP contribution >= 0.6 is 22.9 Å². The SMILES string of the molecule is Cc1nc(Nc2ncc(C(=O)Nc3c(C)cccc3Cl)s2)cc(N2CCN(CC3CCN(c4ccc([C@@H]5CCC(=O)NC5=O)cc4)CC3)CC2)n1. The number of hydrogen-bond acceptors (Lipinski definition) is 11. The Balaban J connectivity index is 0.875. The average Bonchev–Trinajstić information content (AvgIpc) is 3.59. The molecule has 0 aliphatic carbocycles. The molecule has 3 aliphatic rings. The van der Waals surface area contributed by atoms with Crippen LogP contribution in [0.15, 0.2) is 54.7 Å². The Bertz CT molecular complexity index is 1880. The maximum atomic E-state index is 12.9. The molecule has 0 bridgehead atoms. The van der Waals surface area contributed by atoms with Gasteiger partial charge in [0.25, 0.3) is 5.91 Å². The Morgan fingerprint density at radius 1 is 0.961 bits per heavy atom. The number of aromatic nitrogens is 3. The quantitative estimate of drug-likeness (QED) is 0.183. The summed E-state index contributed by atoms with van der Waals surface area (Å²) in [4.78, 5) is 58.2. The summed E-state index contributed by atoms with van der Waals surface area (Å²) in [6.07, 6.45) is 4.81. The molecule has 3 aliphatic heterocycles. The molecule has 14 heteroatoms. The number of imide groups is 1. The maximum absolute atomic E-state index is 12.9. The molecule has 0 unspecified atom stereocenters. The van der Waals surface area contributed by atoms with Crippen molar-refractivity contribution in [2.75, 3.05) is 66.2 Å². The summed E-state index contributed by atoms with van der Waals surface area (Å²) < 4.78 is 0. The minimum atomic E-state index is -0.266. The highest BCUT2D eigenvalue weighted by Crippen LogP contribution is 2.31. The second kappa shape index (κ2) is 15.3. The number of nitrogens with zero attached hydrogens (tertiary/aromatic N) is 6. The number of para-hydroxylation sites is 1. The normalized spacial score (nSPS) is 18.8. The Hall–Kier alpha value is -4.59. The van der Waals surface area contributed by atoms with Gasteiger partial charge in [-0.25, -0.2) is 15.0 Å². The Kier molecular flexibility index (Phi) is 10.5. The van der Waals surface area contributed by atoms with Crippen LogP contribution in [0.5, 0.6) is 0 Å². The van der Waals surface area contributed by atoms with Gasteiger partial charge in [-0.3, -0.25) is 24.6 Å². The van der Waals surface area contributed by atoms with Gasteiger partial charge in [0.2, 0.25) is 11.8 Å². The number of benzene rings is 2. The summed E-state index contributed by atoms with van der Waals surface area (Å²) in [5.74, 6) is 1.96. The molecule has 0 saturated carbocycles. The van der Waals surface area contributed by atoms with E-state index in [2.05, 4.69) is 52.8 Å². The van der Waals surface area contributed by atoms with Crippen molar-refractivity contribution in [1.82, 2.24) is 25.2 Å². The van der Waals surface area contributed by atoms with Gasteiger partial charge in [-0.2, -0.15) is 0 Å². The molecule has 2 aromatic carbocycles. The van der Waals surface area contributed by atoms with Crippen molar-refractivity contribution >= 4 is 68.8 Å². The topological polar surface area (TPSA) is 136 Å². The molecule has 3 amide bonds. The lowest BCUT2D eigenvalue weighted by Crippen LogP contribution is -2.49. The van der Waals surface area contributed by atoms with E-state index in [1.54, 1.807) is 12.3 Å². The predicted molar refractivity (Wildman–Crippen MR) is 201 cm³/mol. The lowest BCUT2D eigenvalue weighted by Gasteiger charge is -2.39. The number of aryl methyl sites for hydroxylation is 2. The first-order chi connectivity index (χ1) is 24.7. The van der Waals surface area contributed by atoms with Crippen molar-refractivity contribution in [2.24, 2.45) is 5.92 Å². The molecular weight excluding hydrogens is 686 g/mol. The first kappa shape index (κ1) is 34.8. The fourth-order valence-corrected chi connectivity index (χ4v) is 8.10. The van der Waals surface area contributed by atoms with Crippen molar-refractivity contribution in [3.05, 3.63) is 81.6 Å². The molecule has 0 spiro atoms. The van der Waals surface area contributed by atoms with Gasteiger partial charge < -0.3 is 20.4 Å². The van der Waals surface area contributed by atoms with E-state index >= 15 is 0 Å². The summed E-state index contributed by atoms with van der Waals surface area (Å²) in [5.41, 5.74) is 3.65. The zero-order valence-electron chi connectivity index (χ0n) is 28.8. The van der Waals surface area contributed by atoms with Crippen molar-refractivity contribution < 1.29 is 14.4 Å². The van der Waals surface area contributed by atoms with Crippen LogP contribution in [-0.4, -0.2) is 83.4 Å². The number of carbonyl (C=O) groups excluding carboxylic acids is 3. The molecule has 51 heavy (non-hydrogen) atoms. The highest BCUT2D eigenvalue weighted by molar-refractivity contribution is 7.17. The Morgan fingerprint density at radius 2 is 1.73 bits per heavy atom. The number of piperazine rings is 1. The molecule has 3 saturated heterocycles. The van der Waals surface area contributed by atoms with Crippen molar-refractivity contribution in [1.29, 1.82) is 0 Å². The van der Waals surface area contributed by atoms with Gasteiger partial charge in [0.05, 0.1) is 22.8 Å². The zero-order chi connectivity index (χ0) is 35.5. The van der Waals surface area contributed by atoms with Crippen LogP contribution in [-0.2, 0) is 9.59 Å². The highest BCUT2D eigenvalue weighted by Gasteiger charge is 2.29. The smallest absolute Gasteiger partial charge is 0.267 e. The zero-order valence-corrected chi connectivity index (χ0v) is 30.4. The molecule has 7 rings (SSSR count). The van der Waals surface area contributed by atoms with Gasteiger partial charge in [0.15, 0.2) is 5.13 Å². The molecule has 5 heterocycles. The maximum Gasteiger partial charge on any atom is 0.267 e. The number of nitrogens with one attached hydrogen (secondary N) is 3. The van der Waals surface area contributed by atoms with Gasteiger partial charge in [-0.15, -0.1) is 0 Å². The number of hydrogen-bond donors (Lipinski definition) is 3. The van der Waals surface area contributed by atoms with Crippen LogP contribution in [0, 0.1) is 19.8 Å². The number of carbonyl (C=O) groups is 3. The minimum Gasteiger partial charge on any atom is -0.372 e. The van der Waals surface area contributed by atoms with E-state index in [0.717, 1.165) is 75.6 Å². The lowest BCUT2D eigenvalue weighted by atomic mass is 9.90. The van der Waals surface area contributed by atoms with E-state index in [1.807, 2.05) is 44.2 Å². The summed E-state index contributed by atoms with van der Waals surface area (Å²) in [5, 5.41) is 9.69. The molecule has 4 aromatic rings. The highest BCUT2D eigenvalue weighted by atomic mass is 35.5. The summed E-state index contributed by atoms with van der Waals surface area (Å²) in [6.45, 7) is 10.6. The van der Waals surface area contributed by atoms with Crippen LogP contribution in [0.2, 0.25) is 5.02 Å². The fraction of sp³-hybridized carbons (Fsp3) is 0.405. The van der Waals surface area contributed by atoms with Crippen LogP contribution in [0.4, 0.5) is 28.1 Å². The first-order valence-electron chi connectivity index (χ1n) is 17.5. The number of piperidine rings is 2. The average molecular weight is 728 g/mol. The van der Waals surface area contributed by atoms with E-state index in [4.69, 9.17) is 16.6 Å². The van der Waals surface area contributed by atoms with Gasteiger partial charge in [0, 0.05) is 64.0 Å². The van der Waals surface area contributed by atoms with Crippen LogP contribution < -0.4 is 25.8 Å². The summed E-state index contributed by atoms with van der Waals surface area (Å²) in [7, 11) is 0. The van der Waals surface area contributed by atoms with E-state index < -0.39 is 0 Å². The Labute approximate surface area is 306 Å². The third-order valence-electron chi connectivity index (χ3n) is 9.98. The monoisotopic (exact) mass is 727 g/mol. The van der Waals surface area contributed by atoms with Gasteiger partial charge in [-0.1, -0.05) is 47.2 Å². The molecular formula is C37H42ClN9O3S. The molecule has 3 fully saturated rings. The fourth-order valence-electron chi connectivity index (χ4n) is 7.12. The molecule has 1 atom stereocenters. The van der Waals surface area contributed by atoms with Gasteiger partial charge in [0.1, 0.15) is 22.3 Å². The van der Waals surface area contributed by atoms with Crippen LogP contribution in [0.3, 0.4) is 0 Å². The van der Waals surface area contributed by atoms with Crippen molar-refractivity contribution in [3.8, 4) is 0 Å². The van der Waals surface area contributed by atoms with Crippen molar-refractivity contribution in [3.63, 3.8) is 0 Å². The number of thiazole rings is 1. The lowest BCUT2D eigenvalue weighted by molar-refractivity contribution is -0.134. The van der Waals surface area contributed by atoms with Gasteiger partial charge in [-0.05, 0) is 68.4 Å². The number of amides is 3. The van der Waals surface area contributed by atoms with E-state index in [9.17, 15) is 14.4 Å². The number of anilines is 5. The summed E-state index contributed by atoms with van der Waals surface area (Å²) >= 11 is 7.55. The van der Waals surface area contributed by atoms with Crippen LogP contribution in [0.25, 0.3) is 0 Å². The summed E-state index contributed by atoms with van der Waals surface area (Å²) in [6, 6.07) is 15.8. The molecule has 12 nitrogen and oxygen atoms in total.